The number of hydrogen-bond acceptors (Lipinski definition) is 4. The van der Waals surface area contributed by atoms with Crippen LogP contribution in [0.4, 0.5) is 5.95 Å². The third-order valence-electron chi connectivity index (χ3n) is 4.14. The lowest BCUT2D eigenvalue weighted by atomic mass is 9.90. The van der Waals surface area contributed by atoms with Gasteiger partial charge in [-0.05, 0) is 62.8 Å². The molecule has 0 atom stereocenters. The van der Waals surface area contributed by atoms with Crippen LogP contribution in [0.3, 0.4) is 0 Å². The van der Waals surface area contributed by atoms with Crippen LogP contribution in [-0.2, 0) is 6.42 Å². The zero-order valence-electron chi connectivity index (χ0n) is 12.8. The zero-order chi connectivity index (χ0) is 14.7. The summed E-state index contributed by atoms with van der Waals surface area (Å²) >= 11 is 0. The molecule has 21 heavy (non-hydrogen) atoms. The minimum Gasteiger partial charge on any atom is -0.341 e. The van der Waals surface area contributed by atoms with Crippen molar-refractivity contribution in [1.29, 1.82) is 0 Å². The van der Waals surface area contributed by atoms with E-state index in [4.69, 9.17) is 0 Å². The van der Waals surface area contributed by atoms with Crippen molar-refractivity contribution in [2.24, 2.45) is 5.92 Å². The van der Waals surface area contributed by atoms with Crippen LogP contribution in [0, 0.1) is 19.8 Å². The molecule has 3 rings (SSSR count). The fourth-order valence-electron chi connectivity index (χ4n) is 3.04. The van der Waals surface area contributed by atoms with Crippen molar-refractivity contribution in [3.63, 3.8) is 0 Å². The average molecular weight is 282 g/mol. The Morgan fingerprint density at radius 3 is 2.29 bits per heavy atom. The van der Waals surface area contributed by atoms with E-state index in [0.717, 1.165) is 42.8 Å². The zero-order valence-corrected chi connectivity index (χ0v) is 12.8. The molecule has 0 radical (unpaired) electrons. The number of hydrogen-bond donors (Lipinski definition) is 0. The Morgan fingerprint density at radius 2 is 1.67 bits per heavy atom. The summed E-state index contributed by atoms with van der Waals surface area (Å²) in [5.74, 6) is 1.66. The highest BCUT2D eigenvalue weighted by Gasteiger charge is 2.21. The molecule has 0 spiro atoms. The summed E-state index contributed by atoms with van der Waals surface area (Å²) < 4.78 is 0. The molecule has 1 fully saturated rings. The number of aryl methyl sites for hydroxylation is 2. The highest BCUT2D eigenvalue weighted by atomic mass is 15.3. The Hall–Kier alpha value is -1.97. The van der Waals surface area contributed by atoms with Crippen molar-refractivity contribution in [1.82, 2.24) is 15.0 Å². The second kappa shape index (κ2) is 6.20. The number of piperidine rings is 1. The van der Waals surface area contributed by atoms with Crippen LogP contribution in [0.15, 0.2) is 30.6 Å². The van der Waals surface area contributed by atoms with Gasteiger partial charge in [-0.15, -0.1) is 0 Å². The smallest absolute Gasteiger partial charge is 0.225 e. The van der Waals surface area contributed by atoms with E-state index in [9.17, 15) is 0 Å². The molecule has 1 saturated heterocycles. The van der Waals surface area contributed by atoms with Gasteiger partial charge in [0.1, 0.15) is 0 Å². The van der Waals surface area contributed by atoms with E-state index < -0.39 is 0 Å². The molecular formula is C17H22N4. The van der Waals surface area contributed by atoms with Crippen molar-refractivity contribution >= 4 is 5.95 Å². The number of nitrogens with zero attached hydrogens (tertiary/aromatic N) is 4. The van der Waals surface area contributed by atoms with Crippen LogP contribution in [0.1, 0.15) is 29.8 Å². The first-order valence-corrected chi connectivity index (χ1v) is 7.67. The summed E-state index contributed by atoms with van der Waals surface area (Å²) in [6, 6.07) is 6.28. The third kappa shape index (κ3) is 3.57. The average Bonchev–Trinajstić information content (AvgIpc) is 2.48. The van der Waals surface area contributed by atoms with E-state index in [1.807, 2.05) is 32.3 Å². The summed E-state index contributed by atoms with van der Waals surface area (Å²) in [5.41, 5.74) is 3.50. The number of pyridine rings is 1. The summed E-state index contributed by atoms with van der Waals surface area (Å²) in [4.78, 5) is 15.6. The Bertz CT molecular complexity index is 569. The molecule has 4 heteroatoms. The molecule has 0 aromatic carbocycles. The van der Waals surface area contributed by atoms with E-state index in [1.165, 1.54) is 18.4 Å². The van der Waals surface area contributed by atoms with Gasteiger partial charge >= 0.3 is 0 Å². The molecule has 4 nitrogen and oxygen atoms in total. The molecule has 110 valence electrons. The van der Waals surface area contributed by atoms with Gasteiger partial charge in [-0.2, -0.15) is 0 Å². The molecule has 0 unspecified atom stereocenters. The summed E-state index contributed by atoms with van der Waals surface area (Å²) in [6.45, 7) is 6.18. The van der Waals surface area contributed by atoms with Crippen molar-refractivity contribution in [2.45, 2.75) is 33.1 Å². The van der Waals surface area contributed by atoms with Gasteiger partial charge in [0.15, 0.2) is 0 Å². The Morgan fingerprint density at radius 1 is 1.05 bits per heavy atom. The van der Waals surface area contributed by atoms with Crippen LogP contribution in [0.5, 0.6) is 0 Å². The fourth-order valence-corrected chi connectivity index (χ4v) is 3.04. The third-order valence-corrected chi connectivity index (χ3v) is 4.14. The van der Waals surface area contributed by atoms with Gasteiger partial charge in [0.25, 0.3) is 0 Å². The van der Waals surface area contributed by atoms with Gasteiger partial charge in [0, 0.05) is 36.9 Å². The molecule has 1 aliphatic rings. The number of anilines is 1. The summed E-state index contributed by atoms with van der Waals surface area (Å²) in [5, 5.41) is 0. The standard InChI is InChI=1S/C17H22N4/c1-13-11-14(2)20-17(19-13)21-9-5-16(6-10-21)12-15-3-7-18-8-4-15/h3-4,7-8,11,16H,5-6,9-10,12H2,1-2H3. The molecule has 1 aliphatic heterocycles. The van der Waals surface area contributed by atoms with E-state index >= 15 is 0 Å². The highest BCUT2D eigenvalue weighted by molar-refractivity contribution is 5.32. The predicted molar refractivity (Wildman–Crippen MR) is 84.4 cm³/mol. The van der Waals surface area contributed by atoms with Crippen LogP contribution >= 0.6 is 0 Å². The van der Waals surface area contributed by atoms with Crippen LogP contribution in [-0.4, -0.2) is 28.0 Å². The molecule has 0 saturated carbocycles. The molecule has 2 aromatic rings. The Labute approximate surface area is 126 Å². The lowest BCUT2D eigenvalue weighted by Crippen LogP contribution is -2.35. The molecule has 0 amide bonds. The minimum atomic E-state index is 0.759. The molecule has 3 heterocycles. The Balaban J connectivity index is 1.60. The lowest BCUT2D eigenvalue weighted by molar-refractivity contribution is 0.400. The molecule has 0 N–H and O–H groups in total. The predicted octanol–water partition coefficient (Wildman–Crippen LogP) is 2.95. The van der Waals surface area contributed by atoms with E-state index in [0.29, 0.717) is 0 Å². The van der Waals surface area contributed by atoms with Gasteiger partial charge in [-0.3, -0.25) is 4.98 Å². The molecular weight excluding hydrogens is 260 g/mol. The van der Waals surface area contributed by atoms with Gasteiger partial charge < -0.3 is 4.90 Å². The van der Waals surface area contributed by atoms with Gasteiger partial charge in [0.2, 0.25) is 5.95 Å². The SMILES string of the molecule is Cc1cc(C)nc(N2CCC(Cc3ccncc3)CC2)n1. The van der Waals surface area contributed by atoms with Gasteiger partial charge in [0.05, 0.1) is 0 Å². The highest BCUT2D eigenvalue weighted by Crippen LogP contribution is 2.24. The molecule has 0 bridgehead atoms. The van der Waals surface area contributed by atoms with E-state index in [2.05, 4.69) is 32.0 Å². The van der Waals surface area contributed by atoms with Crippen molar-refractivity contribution < 1.29 is 0 Å². The first-order chi connectivity index (χ1) is 10.2. The Kier molecular flexibility index (Phi) is 4.13. The lowest BCUT2D eigenvalue weighted by Gasteiger charge is -2.32. The van der Waals surface area contributed by atoms with Crippen molar-refractivity contribution in [3.05, 3.63) is 47.5 Å². The maximum Gasteiger partial charge on any atom is 0.225 e. The monoisotopic (exact) mass is 282 g/mol. The maximum absolute atomic E-state index is 4.57. The summed E-state index contributed by atoms with van der Waals surface area (Å²) in [6.07, 6.45) is 7.34. The fraction of sp³-hybridized carbons (Fsp3) is 0.471. The first kappa shape index (κ1) is 14.0. The van der Waals surface area contributed by atoms with Crippen molar-refractivity contribution in [2.75, 3.05) is 18.0 Å². The normalized spacial score (nSPS) is 16.2. The maximum atomic E-state index is 4.57. The number of aromatic nitrogens is 3. The quantitative estimate of drug-likeness (QED) is 0.868. The second-order valence-electron chi connectivity index (χ2n) is 5.94. The van der Waals surface area contributed by atoms with Crippen LogP contribution < -0.4 is 4.90 Å². The second-order valence-corrected chi connectivity index (χ2v) is 5.94. The van der Waals surface area contributed by atoms with E-state index in [-0.39, 0.29) is 0 Å². The summed E-state index contributed by atoms with van der Waals surface area (Å²) in [7, 11) is 0. The molecule has 2 aromatic heterocycles. The van der Waals surface area contributed by atoms with Crippen LogP contribution in [0.25, 0.3) is 0 Å². The van der Waals surface area contributed by atoms with E-state index in [1.54, 1.807) is 0 Å². The largest absolute Gasteiger partial charge is 0.341 e. The van der Waals surface area contributed by atoms with Gasteiger partial charge in [-0.25, -0.2) is 9.97 Å². The minimum absolute atomic E-state index is 0.759. The topological polar surface area (TPSA) is 41.9 Å². The number of rotatable bonds is 3. The van der Waals surface area contributed by atoms with Crippen molar-refractivity contribution in [3.8, 4) is 0 Å². The van der Waals surface area contributed by atoms with Gasteiger partial charge in [-0.1, -0.05) is 0 Å². The van der Waals surface area contributed by atoms with Crippen LogP contribution in [0.2, 0.25) is 0 Å². The first-order valence-electron chi connectivity index (χ1n) is 7.67. The molecule has 0 aliphatic carbocycles.